The third-order valence-electron chi connectivity index (χ3n) is 2.20. The molecular weight excluding hydrogens is 212 g/mol. The number of benzene rings is 1. The lowest BCUT2D eigenvalue weighted by Gasteiger charge is -2.16. The van der Waals surface area contributed by atoms with Crippen molar-refractivity contribution in [2.24, 2.45) is 5.73 Å². The number of hydrogen-bond donors (Lipinski definition) is 2. The van der Waals surface area contributed by atoms with E-state index in [9.17, 15) is 4.79 Å². The monoisotopic (exact) mass is 226 g/mol. The van der Waals surface area contributed by atoms with Crippen molar-refractivity contribution >= 4 is 17.5 Å². The Hall–Kier alpha value is -1.06. The molecule has 1 rings (SSSR count). The number of rotatable bonds is 4. The molecule has 0 aliphatic carbocycles. The second kappa shape index (κ2) is 5.73. The Morgan fingerprint density at radius 1 is 1.47 bits per heavy atom. The lowest BCUT2D eigenvalue weighted by atomic mass is 10.0. The van der Waals surface area contributed by atoms with E-state index in [-0.39, 0.29) is 18.5 Å². The summed E-state index contributed by atoms with van der Waals surface area (Å²) in [6.45, 7) is 2.03. The highest BCUT2D eigenvalue weighted by Gasteiger charge is 2.10. The Bertz CT molecular complexity index is 324. The van der Waals surface area contributed by atoms with Crippen LogP contribution in [-0.4, -0.2) is 12.5 Å². The van der Waals surface area contributed by atoms with Gasteiger partial charge in [0, 0.05) is 5.02 Å². The molecule has 0 bridgehead atoms. The molecular formula is C11H15ClN2O. The number of carbonyl (C=O) groups excluding carboxylic acids is 1. The van der Waals surface area contributed by atoms with Crippen LogP contribution in [-0.2, 0) is 4.79 Å². The van der Waals surface area contributed by atoms with E-state index in [0.29, 0.717) is 5.02 Å². The number of carbonyl (C=O) groups is 1. The van der Waals surface area contributed by atoms with Gasteiger partial charge in [-0.15, -0.1) is 0 Å². The number of amides is 1. The predicted octanol–water partition coefficient (Wildman–Crippen LogP) is 1.87. The molecule has 1 unspecified atom stereocenters. The Morgan fingerprint density at radius 3 is 2.53 bits per heavy atom. The average Bonchev–Trinajstić information content (AvgIpc) is 2.27. The fourth-order valence-electron chi connectivity index (χ4n) is 1.37. The van der Waals surface area contributed by atoms with Gasteiger partial charge >= 0.3 is 0 Å². The Kier molecular flexibility index (Phi) is 4.59. The lowest BCUT2D eigenvalue weighted by Crippen LogP contribution is -2.33. The Morgan fingerprint density at radius 2 is 2.07 bits per heavy atom. The predicted molar refractivity (Wildman–Crippen MR) is 61.7 cm³/mol. The summed E-state index contributed by atoms with van der Waals surface area (Å²) < 4.78 is 0. The number of hydrogen-bond acceptors (Lipinski definition) is 2. The molecule has 4 heteroatoms. The van der Waals surface area contributed by atoms with E-state index in [2.05, 4.69) is 5.32 Å². The maximum absolute atomic E-state index is 11.2. The molecule has 0 spiro atoms. The highest BCUT2D eigenvalue weighted by Crippen LogP contribution is 2.18. The van der Waals surface area contributed by atoms with Gasteiger partial charge in [0.2, 0.25) is 5.91 Å². The second-order valence-corrected chi connectivity index (χ2v) is 3.72. The molecule has 0 saturated heterocycles. The van der Waals surface area contributed by atoms with E-state index >= 15 is 0 Å². The summed E-state index contributed by atoms with van der Waals surface area (Å²) in [6, 6.07) is 7.46. The molecule has 82 valence electrons. The first-order chi connectivity index (χ1) is 7.17. The van der Waals surface area contributed by atoms with Gasteiger partial charge in [-0.05, 0) is 24.1 Å². The van der Waals surface area contributed by atoms with Crippen LogP contribution in [0.25, 0.3) is 0 Å². The molecule has 1 amide bonds. The van der Waals surface area contributed by atoms with E-state index in [1.165, 1.54) is 0 Å². The SMILES string of the molecule is CCC(NC(=O)CN)c1ccc(Cl)cc1. The van der Waals surface area contributed by atoms with Gasteiger partial charge in [-0.1, -0.05) is 30.7 Å². The van der Waals surface area contributed by atoms with E-state index in [4.69, 9.17) is 17.3 Å². The normalized spacial score (nSPS) is 12.2. The van der Waals surface area contributed by atoms with Crippen molar-refractivity contribution in [1.82, 2.24) is 5.32 Å². The van der Waals surface area contributed by atoms with Gasteiger partial charge in [-0.25, -0.2) is 0 Å². The van der Waals surface area contributed by atoms with Crippen molar-refractivity contribution in [3.63, 3.8) is 0 Å². The van der Waals surface area contributed by atoms with Crippen LogP contribution < -0.4 is 11.1 Å². The minimum atomic E-state index is -0.142. The molecule has 3 N–H and O–H groups in total. The molecule has 15 heavy (non-hydrogen) atoms. The van der Waals surface area contributed by atoms with E-state index in [1.54, 1.807) is 0 Å². The largest absolute Gasteiger partial charge is 0.348 e. The summed E-state index contributed by atoms with van der Waals surface area (Å²) in [5, 5.41) is 3.54. The molecule has 0 aliphatic heterocycles. The van der Waals surface area contributed by atoms with E-state index < -0.39 is 0 Å². The molecule has 1 atom stereocenters. The zero-order valence-corrected chi connectivity index (χ0v) is 9.42. The quantitative estimate of drug-likeness (QED) is 0.824. The average molecular weight is 227 g/mol. The zero-order valence-electron chi connectivity index (χ0n) is 8.66. The number of nitrogens with one attached hydrogen (secondary N) is 1. The van der Waals surface area contributed by atoms with Gasteiger partial charge in [0.05, 0.1) is 12.6 Å². The summed E-state index contributed by atoms with van der Waals surface area (Å²) in [4.78, 5) is 11.2. The van der Waals surface area contributed by atoms with E-state index in [1.807, 2.05) is 31.2 Å². The van der Waals surface area contributed by atoms with Crippen LogP contribution in [0.1, 0.15) is 24.9 Å². The zero-order chi connectivity index (χ0) is 11.3. The van der Waals surface area contributed by atoms with Crippen LogP contribution in [0.5, 0.6) is 0 Å². The van der Waals surface area contributed by atoms with Gasteiger partial charge in [0.15, 0.2) is 0 Å². The van der Waals surface area contributed by atoms with Crippen LogP contribution in [0.2, 0.25) is 5.02 Å². The Balaban J connectivity index is 2.74. The molecule has 0 fully saturated rings. The van der Waals surface area contributed by atoms with Crippen LogP contribution in [0.3, 0.4) is 0 Å². The fraction of sp³-hybridized carbons (Fsp3) is 0.364. The number of nitrogens with two attached hydrogens (primary N) is 1. The van der Waals surface area contributed by atoms with Crippen molar-refractivity contribution in [2.45, 2.75) is 19.4 Å². The first-order valence-electron chi connectivity index (χ1n) is 4.92. The molecule has 0 aromatic heterocycles. The van der Waals surface area contributed by atoms with E-state index in [0.717, 1.165) is 12.0 Å². The second-order valence-electron chi connectivity index (χ2n) is 3.28. The van der Waals surface area contributed by atoms with Crippen molar-refractivity contribution in [1.29, 1.82) is 0 Å². The van der Waals surface area contributed by atoms with Gasteiger partial charge in [0.25, 0.3) is 0 Å². The van der Waals surface area contributed by atoms with Gasteiger partial charge in [-0.3, -0.25) is 4.79 Å². The third kappa shape index (κ3) is 3.53. The third-order valence-corrected chi connectivity index (χ3v) is 2.45. The molecule has 1 aromatic rings. The first kappa shape index (κ1) is 12.0. The summed E-state index contributed by atoms with van der Waals surface area (Å²) >= 11 is 5.79. The molecule has 3 nitrogen and oxygen atoms in total. The van der Waals surface area contributed by atoms with Gasteiger partial charge < -0.3 is 11.1 Å². The molecule has 0 aliphatic rings. The summed E-state index contributed by atoms with van der Waals surface area (Å²) in [6.07, 6.45) is 0.827. The van der Waals surface area contributed by atoms with Crippen LogP contribution in [0.4, 0.5) is 0 Å². The molecule has 1 aromatic carbocycles. The summed E-state index contributed by atoms with van der Waals surface area (Å²) in [5.41, 5.74) is 6.29. The lowest BCUT2D eigenvalue weighted by molar-refractivity contribution is -0.120. The standard InChI is InChI=1S/C11H15ClN2O/c1-2-10(14-11(15)7-13)8-3-5-9(12)6-4-8/h3-6,10H,2,7,13H2,1H3,(H,14,15). The smallest absolute Gasteiger partial charge is 0.234 e. The highest BCUT2D eigenvalue weighted by atomic mass is 35.5. The summed E-state index contributed by atoms with van der Waals surface area (Å²) in [7, 11) is 0. The molecule has 0 heterocycles. The van der Waals surface area contributed by atoms with Crippen molar-refractivity contribution < 1.29 is 4.79 Å². The number of halogens is 1. The maximum atomic E-state index is 11.2. The van der Waals surface area contributed by atoms with Crippen molar-refractivity contribution in [3.05, 3.63) is 34.9 Å². The summed E-state index contributed by atoms with van der Waals surface area (Å²) in [5.74, 6) is -0.142. The molecule has 0 radical (unpaired) electrons. The van der Waals surface area contributed by atoms with Gasteiger partial charge in [-0.2, -0.15) is 0 Å². The van der Waals surface area contributed by atoms with Crippen LogP contribution in [0.15, 0.2) is 24.3 Å². The van der Waals surface area contributed by atoms with Crippen molar-refractivity contribution in [3.8, 4) is 0 Å². The van der Waals surface area contributed by atoms with Crippen LogP contribution in [0, 0.1) is 0 Å². The maximum Gasteiger partial charge on any atom is 0.234 e. The minimum Gasteiger partial charge on any atom is -0.348 e. The fourth-order valence-corrected chi connectivity index (χ4v) is 1.50. The Labute approximate surface area is 94.6 Å². The highest BCUT2D eigenvalue weighted by molar-refractivity contribution is 6.30. The minimum absolute atomic E-state index is 0.0123. The topological polar surface area (TPSA) is 55.1 Å². The van der Waals surface area contributed by atoms with Crippen molar-refractivity contribution in [2.75, 3.05) is 6.54 Å². The van der Waals surface area contributed by atoms with Gasteiger partial charge in [0.1, 0.15) is 0 Å². The molecule has 0 saturated carbocycles. The van der Waals surface area contributed by atoms with Crippen LogP contribution >= 0.6 is 11.6 Å². The first-order valence-corrected chi connectivity index (χ1v) is 5.30.